The lowest BCUT2D eigenvalue weighted by atomic mass is 9.93. The number of methoxy groups -OCH3 is 1. The Bertz CT molecular complexity index is 1090. The molecule has 0 spiro atoms. The first-order valence-electron chi connectivity index (χ1n) is 11.0. The van der Waals surface area contributed by atoms with Crippen molar-refractivity contribution in [3.63, 3.8) is 0 Å². The standard InChI is InChI=1S/C25H28Cl3N3O/c1-4-23-20(14-30-13-17-9-7-6-8-16(17)10-19(30)15-32-3)24(5-2)31(29-23)25-21(27)11-18(26)12-22(25)28/h6-9,11-12,19H,4-5,10,13-15H2,1-3H3. The minimum absolute atomic E-state index is 0.315. The summed E-state index contributed by atoms with van der Waals surface area (Å²) >= 11 is 19.3. The normalized spacial score (nSPS) is 16.4. The van der Waals surface area contributed by atoms with E-state index in [4.69, 9.17) is 44.6 Å². The molecule has 1 aliphatic rings. The lowest BCUT2D eigenvalue weighted by Gasteiger charge is -2.36. The molecule has 1 atom stereocenters. The molecule has 4 nitrogen and oxygen atoms in total. The third-order valence-corrected chi connectivity index (χ3v) is 7.01. The van der Waals surface area contributed by atoms with Crippen LogP contribution in [0.1, 0.15) is 41.9 Å². The molecule has 0 amide bonds. The molecule has 1 aliphatic heterocycles. The highest BCUT2D eigenvalue weighted by molar-refractivity contribution is 6.40. The van der Waals surface area contributed by atoms with Crippen LogP contribution in [0.5, 0.6) is 0 Å². The molecule has 2 heterocycles. The maximum atomic E-state index is 6.56. The molecule has 32 heavy (non-hydrogen) atoms. The van der Waals surface area contributed by atoms with Crippen LogP contribution in [0, 0.1) is 0 Å². The number of hydrogen-bond acceptors (Lipinski definition) is 3. The first kappa shape index (κ1) is 23.6. The minimum atomic E-state index is 0.315. The van der Waals surface area contributed by atoms with Crippen LogP contribution in [0.4, 0.5) is 0 Å². The fraction of sp³-hybridized carbons (Fsp3) is 0.400. The molecule has 170 valence electrons. The molecule has 4 rings (SSSR count). The Kier molecular flexibility index (Phi) is 7.48. The van der Waals surface area contributed by atoms with E-state index in [0.717, 1.165) is 43.7 Å². The third kappa shape index (κ3) is 4.57. The number of hydrogen-bond donors (Lipinski definition) is 0. The Morgan fingerprint density at radius 3 is 2.34 bits per heavy atom. The number of ether oxygens (including phenoxy) is 1. The second kappa shape index (κ2) is 10.1. The van der Waals surface area contributed by atoms with Gasteiger partial charge < -0.3 is 4.74 Å². The Labute approximate surface area is 205 Å². The topological polar surface area (TPSA) is 30.3 Å². The predicted octanol–water partition coefficient (Wildman–Crippen LogP) is 6.53. The maximum absolute atomic E-state index is 6.56. The van der Waals surface area contributed by atoms with Gasteiger partial charge in [-0.25, -0.2) is 4.68 Å². The first-order chi connectivity index (χ1) is 15.5. The van der Waals surface area contributed by atoms with E-state index in [-0.39, 0.29) is 0 Å². The van der Waals surface area contributed by atoms with Crippen LogP contribution >= 0.6 is 34.8 Å². The van der Waals surface area contributed by atoms with Crippen molar-refractivity contribution in [2.75, 3.05) is 13.7 Å². The number of benzene rings is 2. The van der Waals surface area contributed by atoms with E-state index >= 15 is 0 Å². The fourth-order valence-electron chi connectivity index (χ4n) is 4.67. The zero-order chi connectivity index (χ0) is 22.8. The Balaban J connectivity index is 1.76. The summed E-state index contributed by atoms with van der Waals surface area (Å²) in [5.74, 6) is 0. The fourth-order valence-corrected chi connectivity index (χ4v) is 5.65. The van der Waals surface area contributed by atoms with Crippen molar-refractivity contribution in [1.82, 2.24) is 14.7 Å². The largest absolute Gasteiger partial charge is 0.383 e. The van der Waals surface area contributed by atoms with Crippen LogP contribution in [0.15, 0.2) is 36.4 Å². The number of aryl methyl sites for hydroxylation is 1. The van der Waals surface area contributed by atoms with Gasteiger partial charge in [-0.05, 0) is 42.5 Å². The van der Waals surface area contributed by atoms with Gasteiger partial charge in [-0.3, -0.25) is 4.90 Å². The smallest absolute Gasteiger partial charge is 0.102 e. The van der Waals surface area contributed by atoms with E-state index in [1.54, 1.807) is 19.2 Å². The molecule has 0 N–H and O–H groups in total. The van der Waals surface area contributed by atoms with Crippen LogP contribution in [-0.4, -0.2) is 34.4 Å². The molecule has 0 aliphatic carbocycles. The second-order valence-corrected chi connectivity index (χ2v) is 9.45. The van der Waals surface area contributed by atoms with Crippen molar-refractivity contribution < 1.29 is 4.74 Å². The Hall–Kier alpha value is -1.56. The molecule has 0 bridgehead atoms. The molecule has 0 saturated heterocycles. The summed E-state index contributed by atoms with van der Waals surface area (Å²) in [4.78, 5) is 2.51. The van der Waals surface area contributed by atoms with Crippen molar-refractivity contribution in [3.8, 4) is 5.69 Å². The van der Waals surface area contributed by atoms with Crippen LogP contribution in [0.25, 0.3) is 5.69 Å². The molecule has 0 radical (unpaired) electrons. The average molecular weight is 493 g/mol. The van der Waals surface area contributed by atoms with Crippen molar-refractivity contribution in [1.29, 1.82) is 0 Å². The van der Waals surface area contributed by atoms with E-state index in [0.29, 0.717) is 33.4 Å². The van der Waals surface area contributed by atoms with Crippen molar-refractivity contribution >= 4 is 34.8 Å². The van der Waals surface area contributed by atoms with Crippen LogP contribution < -0.4 is 0 Å². The molecule has 7 heteroatoms. The van der Waals surface area contributed by atoms with Gasteiger partial charge in [-0.2, -0.15) is 5.10 Å². The minimum Gasteiger partial charge on any atom is -0.383 e. The van der Waals surface area contributed by atoms with Crippen LogP contribution in [0.2, 0.25) is 15.1 Å². The quantitative estimate of drug-likeness (QED) is 0.375. The summed E-state index contributed by atoms with van der Waals surface area (Å²) < 4.78 is 7.50. The average Bonchev–Trinajstić information content (AvgIpc) is 3.10. The highest BCUT2D eigenvalue weighted by atomic mass is 35.5. The van der Waals surface area contributed by atoms with Gasteiger partial charge in [-0.1, -0.05) is 72.9 Å². The summed E-state index contributed by atoms with van der Waals surface area (Å²) in [6.45, 7) is 6.67. The molecule has 0 fully saturated rings. The summed E-state index contributed by atoms with van der Waals surface area (Å²) in [6.07, 6.45) is 2.63. The molecule has 3 aromatic rings. The SMILES string of the molecule is CCc1nn(-c2c(Cl)cc(Cl)cc2Cl)c(CC)c1CN1Cc2ccccc2CC1COC. The lowest BCUT2D eigenvalue weighted by molar-refractivity contribution is 0.0719. The zero-order valence-electron chi connectivity index (χ0n) is 18.7. The highest BCUT2D eigenvalue weighted by Crippen LogP contribution is 2.35. The molecule has 2 aromatic carbocycles. The maximum Gasteiger partial charge on any atom is 0.102 e. The Morgan fingerprint density at radius 1 is 1.03 bits per heavy atom. The molecular weight excluding hydrogens is 465 g/mol. The van der Waals surface area contributed by atoms with Gasteiger partial charge in [0.2, 0.25) is 0 Å². The number of fused-ring (bicyclic) bond motifs is 1. The predicted molar refractivity (Wildman–Crippen MR) is 132 cm³/mol. The van der Waals surface area contributed by atoms with Crippen LogP contribution in [0.3, 0.4) is 0 Å². The molecule has 1 aromatic heterocycles. The van der Waals surface area contributed by atoms with Gasteiger partial charge in [0.1, 0.15) is 5.69 Å². The second-order valence-electron chi connectivity index (χ2n) is 8.20. The van der Waals surface area contributed by atoms with Gasteiger partial charge in [0, 0.05) is 42.5 Å². The zero-order valence-corrected chi connectivity index (χ0v) is 20.9. The van der Waals surface area contributed by atoms with Gasteiger partial charge >= 0.3 is 0 Å². The van der Waals surface area contributed by atoms with Gasteiger partial charge in [0.25, 0.3) is 0 Å². The summed E-state index contributed by atoms with van der Waals surface area (Å²) in [7, 11) is 1.77. The van der Waals surface area contributed by atoms with E-state index in [1.165, 1.54) is 16.7 Å². The summed E-state index contributed by atoms with van der Waals surface area (Å²) in [5, 5.41) is 6.46. The third-order valence-electron chi connectivity index (χ3n) is 6.22. The number of nitrogens with zero attached hydrogens (tertiary/aromatic N) is 3. The first-order valence-corrected chi connectivity index (χ1v) is 12.1. The number of halogens is 3. The highest BCUT2D eigenvalue weighted by Gasteiger charge is 2.29. The van der Waals surface area contributed by atoms with E-state index in [9.17, 15) is 0 Å². The summed E-state index contributed by atoms with van der Waals surface area (Å²) in [5.41, 5.74) is 6.92. The molecule has 0 saturated carbocycles. The van der Waals surface area contributed by atoms with Gasteiger partial charge in [0.15, 0.2) is 0 Å². The van der Waals surface area contributed by atoms with Gasteiger partial charge in [0.05, 0.1) is 22.3 Å². The number of rotatable bonds is 7. The van der Waals surface area contributed by atoms with Gasteiger partial charge in [-0.15, -0.1) is 0 Å². The molecule has 1 unspecified atom stereocenters. The molecular formula is C25H28Cl3N3O. The summed E-state index contributed by atoms with van der Waals surface area (Å²) in [6, 6.07) is 12.4. The van der Waals surface area contributed by atoms with E-state index in [2.05, 4.69) is 43.0 Å². The van der Waals surface area contributed by atoms with Crippen LogP contribution in [-0.2, 0) is 37.1 Å². The van der Waals surface area contributed by atoms with E-state index < -0.39 is 0 Å². The lowest BCUT2D eigenvalue weighted by Crippen LogP contribution is -2.42. The van der Waals surface area contributed by atoms with E-state index in [1.807, 2.05) is 4.68 Å². The van der Waals surface area contributed by atoms with Crippen molar-refractivity contribution in [3.05, 3.63) is 79.5 Å². The Morgan fingerprint density at radius 2 is 1.72 bits per heavy atom. The van der Waals surface area contributed by atoms with Crippen molar-refractivity contribution in [2.24, 2.45) is 0 Å². The van der Waals surface area contributed by atoms with Crippen molar-refractivity contribution in [2.45, 2.75) is 52.2 Å². The number of aromatic nitrogens is 2. The monoisotopic (exact) mass is 491 g/mol.